The second kappa shape index (κ2) is 5.72. The van der Waals surface area contributed by atoms with Crippen LogP contribution in [0, 0.1) is 5.92 Å². The Bertz CT molecular complexity index is 71.1. The van der Waals surface area contributed by atoms with Gasteiger partial charge in [-0.1, -0.05) is 26.7 Å². The lowest BCUT2D eigenvalue weighted by Crippen LogP contribution is -2.29. The molecular formula is C9H21N. The van der Waals surface area contributed by atoms with E-state index in [1.54, 1.807) is 0 Å². The molecule has 1 nitrogen and oxygen atoms in total. The number of hydrogen-bond donors (Lipinski definition) is 1. The predicted molar refractivity (Wildman–Crippen MR) is 47.2 cm³/mol. The predicted octanol–water partition coefficient (Wildman–Crippen LogP) is 2.42. The van der Waals surface area contributed by atoms with E-state index >= 15 is 0 Å². The summed E-state index contributed by atoms with van der Waals surface area (Å²) in [4.78, 5) is 0. The Morgan fingerprint density at radius 1 is 1.30 bits per heavy atom. The fraction of sp³-hybridized carbons (Fsp3) is 1.00. The molecule has 0 aliphatic heterocycles. The Labute approximate surface area is 65.2 Å². The molecule has 0 amide bonds. The molecule has 0 aliphatic carbocycles. The van der Waals surface area contributed by atoms with E-state index in [0.29, 0.717) is 6.04 Å². The first-order valence-electron chi connectivity index (χ1n) is 4.43. The van der Waals surface area contributed by atoms with Gasteiger partial charge in [0.15, 0.2) is 0 Å². The molecule has 1 N–H and O–H groups in total. The van der Waals surface area contributed by atoms with Gasteiger partial charge in [-0.15, -0.1) is 0 Å². The summed E-state index contributed by atoms with van der Waals surface area (Å²) in [6.07, 6.45) is 3.97. The Hall–Kier alpha value is -0.0400. The minimum Gasteiger partial charge on any atom is -0.317 e. The zero-order valence-corrected chi connectivity index (χ0v) is 7.78. The van der Waals surface area contributed by atoms with Gasteiger partial charge in [-0.25, -0.2) is 0 Å². The fourth-order valence-electron chi connectivity index (χ4n) is 1.41. The average Bonchev–Trinajstić information content (AvgIpc) is 1.99. The van der Waals surface area contributed by atoms with Crippen molar-refractivity contribution < 1.29 is 0 Å². The van der Waals surface area contributed by atoms with Crippen molar-refractivity contribution in [3.8, 4) is 0 Å². The normalized spacial score (nSPS) is 16.8. The van der Waals surface area contributed by atoms with Crippen molar-refractivity contribution in [1.29, 1.82) is 0 Å². The molecule has 0 bridgehead atoms. The van der Waals surface area contributed by atoms with Crippen LogP contribution in [-0.4, -0.2) is 13.1 Å². The molecule has 0 heterocycles. The lowest BCUT2D eigenvalue weighted by Gasteiger charge is -2.21. The minimum absolute atomic E-state index is 0.685. The smallest absolute Gasteiger partial charge is 0.00638 e. The van der Waals surface area contributed by atoms with Crippen LogP contribution in [0.4, 0.5) is 0 Å². The first-order chi connectivity index (χ1) is 4.76. The Morgan fingerprint density at radius 3 is 2.20 bits per heavy atom. The SMILES string of the molecule is CCCC(CC)C(C)NC. The van der Waals surface area contributed by atoms with Crippen LogP contribution in [0.3, 0.4) is 0 Å². The molecule has 0 saturated heterocycles. The molecule has 1 heteroatoms. The molecular weight excluding hydrogens is 122 g/mol. The van der Waals surface area contributed by atoms with E-state index < -0.39 is 0 Å². The number of rotatable bonds is 5. The Morgan fingerprint density at radius 2 is 1.90 bits per heavy atom. The summed E-state index contributed by atoms with van der Waals surface area (Å²) in [6, 6.07) is 0.685. The van der Waals surface area contributed by atoms with E-state index in [1.165, 1.54) is 19.3 Å². The van der Waals surface area contributed by atoms with E-state index in [0.717, 1.165) is 5.92 Å². The van der Waals surface area contributed by atoms with E-state index in [9.17, 15) is 0 Å². The summed E-state index contributed by atoms with van der Waals surface area (Å²) in [7, 11) is 2.04. The van der Waals surface area contributed by atoms with Crippen molar-refractivity contribution in [2.24, 2.45) is 5.92 Å². The van der Waals surface area contributed by atoms with E-state index in [-0.39, 0.29) is 0 Å². The van der Waals surface area contributed by atoms with Crippen molar-refractivity contribution in [3.05, 3.63) is 0 Å². The summed E-state index contributed by atoms with van der Waals surface area (Å²) in [6.45, 7) is 6.79. The van der Waals surface area contributed by atoms with Gasteiger partial charge in [0.25, 0.3) is 0 Å². The van der Waals surface area contributed by atoms with Gasteiger partial charge in [-0.2, -0.15) is 0 Å². The molecule has 10 heavy (non-hydrogen) atoms. The summed E-state index contributed by atoms with van der Waals surface area (Å²) in [5.74, 6) is 0.870. The molecule has 0 aliphatic rings. The summed E-state index contributed by atoms with van der Waals surface area (Å²) >= 11 is 0. The maximum Gasteiger partial charge on any atom is 0.00638 e. The summed E-state index contributed by atoms with van der Waals surface area (Å²) in [5, 5.41) is 3.30. The maximum absolute atomic E-state index is 3.30. The Balaban J connectivity index is 3.56. The lowest BCUT2D eigenvalue weighted by atomic mass is 9.94. The number of nitrogens with one attached hydrogen (secondary N) is 1. The molecule has 62 valence electrons. The largest absolute Gasteiger partial charge is 0.317 e. The average molecular weight is 143 g/mol. The molecule has 2 atom stereocenters. The first kappa shape index (κ1) is 9.96. The quantitative estimate of drug-likeness (QED) is 0.623. The molecule has 0 aromatic heterocycles. The van der Waals surface area contributed by atoms with Gasteiger partial charge in [0.05, 0.1) is 0 Å². The zero-order chi connectivity index (χ0) is 7.98. The van der Waals surface area contributed by atoms with Gasteiger partial charge in [-0.05, 0) is 26.3 Å². The van der Waals surface area contributed by atoms with Crippen LogP contribution in [0.1, 0.15) is 40.0 Å². The molecule has 2 unspecified atom stereocenters. The standard InChI is InChI=1S/C9H21N/c1-5-7-9(6-2)8(3)10-4/h8-10H,5-7H2,1-4H3. The minimum atomic E-state index is 0.685. The van der Waals surface area contributed by atoms with Crippen LogP contribution >= 0.6 is 0 Å². The summed E-state index contributed by atoms with van der Waals surface area (Å²) < 4.78 is 0. The van der Waals surface area contributed by atoms with Gasteiger partial charge in [0.2, 0.25) is 0 Å². The molecule has 0 radical (unpaired) electrons. The molecule has 0 rings (SSSR count). The summed E-state index contributed by atoms with van der Waals surface area (Å²) in [5.41, 5.74) is 0. The van der Waals surface area contributed by atoms with Crippen molar-refractivity contribution in [1.82, 2.24) is 5.32 Å². The Kier molecular flexibility index (Phi) is 5.70. The highest BCUT2D eigenvalue weighted by Gasteiger charge is 2.11. The van der Waals surface area contributed by atoms with Crippen LogP contribution in [0.15, 0.2) is 0 Å². The van der Waals surface area contributed by atoms with Gasteiger partial charge in [0.1, 0.15) is 0 Å². The maximum atomic E-state index is 3.30. The molecule has 0 aromatic rings. The van der Waals surface area contributed by atoms with Gasteiger partial charge < -0.3 is 5.32 Å². The van der Waals surface area contributed by atoms with E-state index in [2.05, 4.69) is 26.1 Å². The first-order valence-corrected chi connectivity index (χ1v) is 4.43. The third-order valence-corrected chi connectivity index (χ3v) is 2.35. The van der Waals surface area contributed by atoms with Crippen LogP contribution in [0.5, 0.6) is 0 Å². The van der Waals surface area contributed by atoms with Gasteiger partial charge in [-0.3, -0.25) is 0 Å². The molecule has 0 aromatic carbocycles. The molecule has 0 fully saturated rings. The van der Waals surface area contributed by atoms with Crippen LogP contribution in [0.25, 0.3) is 0 Å². The van der Waals surface area contributed by atoms with E-state index in [4.69, 9.17) is 0 Å². The highest BCUT2D eigenvalue weighted by Crippen LogP contribution is 2.14. The topological polar surface area (TPSA) is 12.0 Å². The lowest BCUT2D eigenvalue weighted by molar-refractivity contribution is 0.357. The van der Waals surface area contributed by atoms with Crippen LogP contribution in [-0.2, 0) is 0 Å². The van der Waals surface area contributed by atoms with Gasteiger partial charge in [0, 0.05) is 6.04 Å². The zero-order valence-electron chi connectivity index (χ0n) is 7.78. The fourth-order valence-corrected chi connectivity index (χ4v) is 1.41. The van der Waals surface area contributed by atoms with E-state index in [1.807, 2.05) is 7.05 Å². The van der Waals surface area contributed by atoms with Crippen molar-refractivity contribution in [3.63, 3.8) is 0 Å². The van der Waals surface area contributed by atoms with Crippen LogP contribution < -0.4 is 5.32 Å². The molecule has 0 saturated carbocycles. The third-order valence-electron chi connectivity index (χ3n) is 2.35. The monoisotopic (exact) mass is 143 g/mol. The van der Waals surface area contributed by atoms with Gasteiger partial charge >= 0.3 is 0 Å². The van der Waals surface area contributed by atoms with Crippen molar-refractivity contribution >= 4 is 0 Å². The highest BCUT2D eigenvalue weighted by atomic mass is 14.9. The second-order valence-corrected chi connectivity index (χ2v) is 3.03. The second-order valence-electron chi connectivity index (χ2n) is 3.03. The third kappa shape index (κ3) is 3.21. The highest BCUT2D eigenvalue weighted by molar-refractivity contribution is 4.68. The molecule has 0 spiro atoms. The van der Waals surface area contributed by atoms with Crippen molar-refractivity contribution in [2.45, 2.75) is 46.1 Å². The number of hydrogen-bond acceptors (Lipinski definition) is 1. The van der Waals surface area contributed by atoms with Crippen molar-refractivity contribution in [2.75, 3.05) is 7.05 Å². The van der Waals surface area contributed by atoms with Crippen LogP contribution in [0.2, 0.25) is 0 Å².